The number of aromatic hydroxyl groups is 1. The normalized spacial score (nSPS) is 25.2. The van der Waals surface area contributed by atoms with Crippen LogP contribution in [0.2, 0.25) is 0 Å². The highest BCUT2D eigenvalue weighted by Crippen LogP contribution is 2.27. The number of benzene rings is 1. The molecule has 3 rings (SSSR count). The molecule has 1 fully saturated rings. The summed E-state index contributed by atoms with van der Waals surface area (Å²) >= 11 is 0. The Hall–Kier alpha value is -1.55. The van der Waals surface area contributed by atoms with Gasteiger partial charge in [0.25, 0.3) is 0 Å². The Morgan fingerprint density at radius 1 is 1.41 bits per heavy atom. The van der Waals surface area contributed by atoms with E-state index in [1.165, 1.54) is 6.42 Å². The molecule has 17 heavy (non-hydrogen) atoms. The Kier molecular flexibility index (Phi) is 2.52. The first-order valence-corrected chi connectivity index (χ1v) is 6.14. The fraction of sp³-hybridized carbons (Fsp3) is 0.462. The van der Waals surface area contributed by atoms with E-state index in [0.29, 0.717) is 6.04 Å². The van der Waals surface area contributed by atoms with Crippen LogP contribution in [0.3, 0.4) is 0 Å². The molecular weight excluding hydrogens is 214 g/mol. The molecule has 0 aliphatic carbocycles. The van der Waals surface area contributed by atoms with Crippen LogP contribution in [0.4, 0.5) is 0 Å². The van der Waals surface area contributed by atoms with Crippen LogP contribution in [0.25, 0.3) is 11.0 Å². The number of hydrogen-bond acceptors (Lipinski definition) is 3. The zero-order valence-electron chi connectivity index (χ0n) is 9.90. The smallest absolute Gasteiger partial charge is 0.124 e. The van der Waals surface area contributed by atoms with Gasteiger partial charge < -0.3 is 15.4 Å². The van der Waals surface area contributed by atoms with E-state index in [9.17, 15) is 5.11 Å². The Balaban J connectivity index is 1.94. The molecule has 1 aliphatic heterocycles. The minimum absolute atomic E-state index is 0.276. The third-order valence-corrected chi connectivity index (χ3v) is 3.48. The molecule has 1 saturated heterocycles. The number of aromatic nitrogens is 2. The van der Waals surface area contributed by atoms with Gasteiger partial charge in [-0.2, -0.15) is 0 Å². The van der Waals surface area contributed by atoms with Gasteiger partial charge in [0.1, 0.15) is 11.6 Å². The number of phenols is 1. The van der Waals surface area contributed by atoms with Gasteiger partial charge in [-0.25, -0.2) is 4.98 Å². The maximum atomic E-state index is 9.43. The maximum Gasteiger partial charge on any atom is 0.124 e. The molecule has 2 heterocycles. The van der Waals surface area contributed by atoms with Crippen LogP contribution in [0, 0.1) is 5.92 Å². The Bertz CT molecular complexity index is 534. The fourth-order valence-corrected chi connectivity index (χ4v) is 2.50. The number of piperidine rings is 1. The molecule has 0 radical (unpaired) electrons. The van der Waals surface area contributed by atoms with Crippen molar-refractivity contribution in [3.63, 3.8) is 0 Å². The first-order chi connectivity index (χ1) is 8.22. The van der Waals surface area contributed by atoms with Crippen molar-refractivity contribution >= 4 is 11.0 Å². The molecule has 0 bridgehead atoms. The van der Waals surface area contributed by atoms with Gasteiger partial charge in [0, 0.05) is 6.07 Å². The van der Waals surface area contributed by atoms with Crippen LogP contribution < -0.4 is 5.32 Å². The van der Waals surface area contributed by atoms with Gasteiger partial charge in [-0.1, -0.05) is 6.92 Å². The Morgan fingerprint density at radius 2 is 2.29 bits per heavy atom. The second kappa shape index (κ2) is 4.04. The number of rotatable bonds is 1. The second-order valence-corrected chi connectivity index (χ2v) is 4.96. The van der Waals surface area contributed by atoms with E-state index in [2.05, 4.69) is 22.2 Å². The standard InChI is InChI=1S/C13H17N3O/c1-8-4-5-14-12(6-8)13-15-10-3-2-9(17)7-11(10)16-13/h2-3,7-8,12,14,17H,4-6H2,1H3,(H,15,16). The van der Waals surface area contributed by atoms with Gasteiger partial charge in [0.2, 0.25) is 0 Å². The van der Waals surface area contributed by atoms with Crippen molar-refractivity contribution in [1.29, 1.82) is 0 Å². The van der Waals surface area contributed by atoms with Gasteiger partial charge in [-0.15, -0.1) is 0 Å². The summed E-state index contributed by atoms with van der Waals surface area (Å²) in [5, 5.41) is 12.9. The van der Waals surface area contributed by atoms with E-state index in [4.69, 9.17) is 0 Å². The summed E-state index contributed by atoms with van der Waals surface area (Å²) in [7, 11) is 0. The number of aromatic amines is 1. The highest BCUT2D eigenvalue weighted by molar-refractivity contribution is 5.76. The predicted octanol–water partition coefficient (Wildman–Crippen LogP) is 2.33. The average molecular weight is 231 g/mol. The molecule has 1 aromatic heterocycles. The van der Waals surface area contributed by atoms with Crippen LogP contribution >= 0.6 is 0 Å². The third-order valence-electron chi connectivity index (χ3n) is 3.48. The van der Waals surface area contributed by atoms with Gasteiger partial charge >= 0.3 is 0 Å². The van der Waals surface area contributed by atoms with Crippen molar-refractivity contribution in [1.82, 2.24) is 15.3 Å². The molecule has 90 valence electrons. The molecule has 1 aromatic carbocycles. The summed E-state index contributed by atoms with van der Waals surface area (Å²) in [6, 6.07) is 5.55. The highest BCUT2D eigenvalue weighted by Gasteiger charge is 2.22. The second-order valence-electron chi connectivity index (χ2n) is 4.96. The van der Waals surface area contributed by atoms with Gasteiger partial charge in [-0.3, -0.25) is 0 Å². The number of nitrogens with zero attached hydrogens (tertiary/aromatic N) is 1. The van der Waals surface area contributed by atoms with Crippen molar-refractivity contribution in [3.05, 3.63) is 24.0 Å². The first-order valence-electron chi connectivity index (χ1n) is 6.14. The Morgan fingerprint density at radius 3 is 3.12 bits per heavy atom. The minimum Gasteiger partial charge on any atom is -0.508 e. The number of phenolic OH excluding ortho intramolecular Hbond substituents is 1. The van der Waals surface area contributed by atoms with E-state index in [0.717, 1.165) is 35.7 Å². The van der Waals surface area contributed by atoms with E-state index in [-0.39, 0.29) is 5.75 Å². The molecule has 3 N–H and O–H groups in total. The molecule has 0 spiro atoms. The molecule has 2 unspecified atom stereocenters. The zero-order valence-corrected chi connectivity index (χ0v) is 9.90. The molecule has 0 saturated carbocycles. The SMILES string of the molecule is CC1CCNC(c2nc3ccc(O)cc3[nH]2)C1. The lowest BCUT2D eigenvalue weighted by Gasteiger charge is -2.26. The largest absolute Gasteiger partial charge is 0.508 e. The lowest BCUT2D eigenvalue weighted by atomic mass is 9.94. The average Bonchev–Trinajstić information content (AvgIpc) is 2.72. The number of hydrogen-bond donors (Lipinski definition) is 3. The molecule has 0 amide bonds. The van der Waals surface area contributed by atoms with Crippen molar-refractivity contribution in [2.24, 2.45) is 5.92 Å². The Labute approximate surface area is 100 Å². The first kappa shape index (κ1) is 10.6. The molecule has 4 nitrogen and oxygen atoms in total. The van der Waals surface area contributed by atoms with E-state index in [1.54, 1.807) is 12.1 Å². The predicted molar refractivity (Wildman–Crippen MR) is 66.9 cm³/mol. The fourth-order valence-electron chi connectivity index (χ4n) is 2.50. The van der Waals surface area contributed by atoms with Crippen LogP contribution in [0.1, 0.15) is 31.6 Å². The van der Waals surface area contributed by atoms with E-state index >= 15 is 0 Å². The summed E-state index contributed by atoms with van der Waals surface area (Å²) in [5.74, 6) is 2.00. The summed E-state index contributed by atoms with van der Waals surface area (Å²) in [6.07, 6.45) is 2.35. The number of nitrogens with one attached hydrogen (secondary N) is 2. The molecule has 4 heteroatoms. The topological polar surface area (TPSA) is 60.9 Å². The minimum atomic E-state index is 0.276. The van der Waals surface area contributed by atoms with Crippen LogP contribution in [0.5, 0.6) is 5.75 Å². The van der Waals surface area contributed by atoms with Crippen LogP contribution in [-0.4, -0.2) is 21.6 Å². The highest BCUT2D eigenvalue weighted by atomic mass is 16.3. The van der Waals surface area contributed by atoms with E-state index in [1.807, 2.05) is 6.07 Å². The third kappa shape index (κ3) is 2.00. The number of fused-ring (bicyclic) bond motifs is 1. The summed E-state index contributed by atoms with van der Waals surface area (Å²) in [6.45, 7) is 3.33. The summed E-state index contributed by atoms with van der Waals surface area (Å²) in [4.78, 5) is 7.88. The lowest BCUT2D eigenvalue weighted by molar-refractivity contribution is 0.317. The molecule has 2 aromatic rings. The monoisotopic (exact) mass is 231 g/mol. The van der Waals surface area contributed by atoms with Crippen molar-refractivity contribution in [3.8, 4) is 5.75 Å². The van der Waals surface area contributed by atoms with Gasteiger partial charge in [-0.05, 0) is 37.4 Å². The number of H-pyrrole nitrogens is 1. The summed E-state index contributed by atoms with van der Waals surface area (Å²) < 4.78 is 0. The van der Waals surface area contributed by atoms with E-state index < -0.39 is 0 Å². The zero-order chi connectivity index (χ0) is 11.8. The van der Waals surface area contributed by atoms with Crippen LogP contribution in [0.15, 0.2) is 18.2 Å². The number of imidazole rings is 1. The molecule has 2 atom stereocenters. The summed E-state index contributed by atoms with van der Waals surface area (Å²) in [5.41, 5.74) is 1.82. The van der Waals surface area contributed by atoms with Gasteiger partial charge in [0.15, 0.2) is 0 Å². The quantitative estimate of drug-likeness (QED) is 0.706. The molecule has 1 aliphatic rings. The molecular formula is C13H17N3O. The van der Waals surface area contributed by atoms with Gasteiger partial charge in [0.05, 0.1) is 17.1 Å². The lowest BCUT2D eigenvalue weighted by Crippen LogP contribution is -2.31. The van der Waals surface area contributed by atoms with Crippen LogP contribution in [-0.2, 0) is 0 Å². The van der Waals surface area contributed by atoms with Crippen molar-refractivity contribution in [2.45, 2.75) is 25.8 Å². The maximum absolute atomic E-state index is 9.43. The van der Waals surface area contributed by atoms with Crippen molar-refractivity contribution < 1.29 is 5.11 Å². The van der Waals surface area contributed by atoms with Crippen molar-refractivity contribution in [2.75, 3.05) is 6.54 Å².